The van der Waals surface area contributed by atoms with Gasteiger partial charge in [0.2, 0.25) is 0 Å². The Balaban J connectivity index is 2.41. The smallest absolute Gasteiger partial charge is 0.0539 e. The van der Waals surface area contributed by atoms with Gasteiger partial charge in [0, 0.05) is 6.54 Å². The zero-order valence-corrected chi connectivity index (χ0v) is 9.84. The summed E-state index contributed by atoms with van der Waals surface area (Å²) in [5.74, 6) is 0. The third-order valence-corrected chi connectivity index (χ3v) is 2.96. The third-order valence-electron chi connectivity index (χ3n) is 2.11. The molecule has 1 aromatic carbocycles. The van der Waals surface area contributed by atoms with Crippen molar-refractivity contribution in [2.75, 3.05) is 19.0 Å². The van der Waals surface area contributed by atoms with Crippen molar-refractivity contribution < 1.29 is 0 Å². The van der Waals surface area contributed by atoms with Gasteiger partial charge < -0.3 is 0 Å². The van der Waals surface area contributed by atoms with E-state index in [0.29, 0.717) is 0 Å². The van der Waals surface area contributed by atoms with Crippen molar-refractivity contribution in [1.29, 1.82) is 0 Å². The maximum absolute atomic E-state index is 3.43. The van der Waals surface area contributed by atoms with Gasteiger partial charge in [-0.05, 0) is 26.0 Å². The molecule has 0 atom stereocenters. The highest BCUT2D eigenvalue weighted by Crippen LogP contribution is 2.04. The molecule has 0 saturated heterocycles. The fourth-order valence-electron chi connectivity index (χ4n) is 1.13. The Kier molecular flexibility index (Phi) is 4.46. The first-order chi connectivity index (χ1) is 6.22. The molecular weight excluding hydrogens is 226 g/mol. The summed E-state index contributed by atoms with van der Waals surface area (Å²) < 4.78 is 0. The predicted molar refractivity (Wildman–Crippen MR) is 61.3 cm³/mol. The highest BCUT2D eigenvalue weighted by molar-refractivity contribution is 9.09. The van der Waals surface area contributed by atoms with E-state index < -0.39 is 0 Å². The molecule has 1 nitrogen and oxygen atoms in total. The number of hydrogen-bond donors (Lipinski definition) is 0. The van der Waals surface area contributed by atoms with Crippen molar-refractivity contribution >= 4 is 15.9 Å². The number of benzene rings is 1. The fourth-order valence-corrected chi connectivity index (χ4v) is 1.39. The van der Waals surface area contributed by atoms with Crippen molar-refractivity contribution in [2.45, 2.75) is 13.3 Å². The molecule has 72 valence electrons. The van der Waals surface area contributed by atoms with Crippen molar-refractivity contribution in [2.24, 2.45) is 0 Å². The summed E-state index contributed by atoms with van der Waals surface area (Å²) in [5.41, 5.74) is 3.69. The first kappa shape index (κ1) is 10.7. The molecule has 2 heteroatoms. The van der Waals surface area contributed by atoms with Crippen LogP contribution in [-0.4, -0.2) is 23.9 Å². The second-order valence-electron chi connectivity index (χ2n) is 3.43. The SMILES string of the molecule is Cc1ccc(CCN(C)CBr)cc1. The lowest BCUT2D eigenvalue weighted by atomic mass is 10.1. The Hall–Kier alpha value is -0.340. The average Bonchev–Trinajstić information content (AvgIpc) is 2.16. The van der Waals surface area contributed by atoms with Crippen molar-refractivity contribution in [3.05, 3.63) is 35.4 Å². The number of likely N-dealkylation sites (N-methyl/N-ethyl adjacent to an activating group) is 1. The zero-order valence-electron chi connectivity index (χ0n) is 8.26. The van der Waals surface area contributed by atoms with Crippen LogP contribution in [0.5, 0.6) is 0 Å². The quantitative estimate of drug-likeness (QED) is 0.579. The van der Waals surface area contributed by atoms with Crippen LogP contribution in [-0.2, 0) is 6.42 Å². The summed E-state index contributed by atoms with van der Waals surface area (Å²) in [6.45, 7) is 3.22. The lowest BCUT2D eigenvalue weighted by Gasteiger charge is -2.12. The molecule has 0 aliphatic heterocycles. The predicted octanol–water partition coefficient (Wildman–Crippen LogP) is 2.82. The van der Waals surface area contributed by atoms with Crippen LogP contribution in [0.3, 0.4) is 0 Å². The van der Waals surface area contributed by atoms with E-state index in [-0.39, 0.29) is 0 Å². The topological polar surface area (TPSA) is 3.24 Å². The van der Waals surface area contributed by atoms with Crippen molar-refractivity contribution in [3.63, 3.8) is 0 Å². The van der Waals surface area contributed by atoms with Gasteiger partial charge in [-0.3, -0.25) is 4.90 Å². The van der Waals surface area contributed by atoms with Crippen LogP contribution < -0.4 is 0 Å². The van der Waals surface area contributed by atoms with Gasteiger partial charge in [0.25, 0.3) is 0 Å². The molecule has 0 spiro atoms. The van der Waals surface area contributed by atoms with Gasteiger partial charge in [0.1, 0.15) is 0 Å². The molecule has 0 amide bonds. The second kappa shape index (κ2) is 5.40. The number of rotatable bonds is 4. The van der Waals surface area contributed by atoms with Gasteiger partial charge >= 0.3 is 0 Å². The minimum atomic E-state index is 0.943. The highest BCUT2D eigenvalue weighted by Gasteiger charge is 1.96. The summed E-state index contributed by atoms with van der Waals surface area (Å²) in [7, 11) is 2.11. The number of aryl methyl sites for hydroxylation is 1. The van der Waals surface area contributed by atoms with Crippen molar-refractivity contribution in [1.82, 2.24) is 4.90 Å². The van der Waals surface area contributed by atoms with Crippen LogP contribution in [0.15, 0.2) is 24.3 Å². The summed E-state index contributed by atoms with van der Waals surface area (Å²) in [6, 6.07) is 8.75. The Labute approximate surface area is 88.9 Å². The second-order valence-corrected chi connectivity index (χ2v) is 3.94. The molecule has 0 saturated carbocycles. The number of nitrogens with zero attached hydrogens (tertiary/aromatic N) is 1. The molecule has 0 aliphatic carbocycles. The molecule has 0 bridgehead atoms. The van der Waals surface area contributed by atoms with Crippen LogP contribution in [0.2, 0.25) is 0 Å². The molecular formula is C11H16BrN. The number of alkyl halides is 1. The number of halogens is 1. The summed E-state index contributed by atoms with van der Waals surface area (Å²) in [4.78, 5) is 2.25. The first-order valence-corrected chi connectivity index (χ1v) is 5.64. The summed E-state index contributed by atoms with van der Waals surface area (Å²) in [6.07, 6.45) is 1.13. The van der Waals surface area contributed by atoms with Gasteiger partial charge in [-0.2, -0.15) is 0 Å². The monoisotopic (exact) mass is 241 g/mol. The maximum atomic E-state index is 3.43. The Morgan fingerprint density at radius 3 is 2.38 bits per heavy atom. The van der Waals surface area contributed by atoms with Gasteiger partial charge in [-0.15, -0.1) is 0 Å². The summed E-state index contributed by atoms with van der Waals surface area (Å²) in [5, 5.41) is 0. The van der Waals surface area contributed by atoms with Gasteiger partial charge in [-0.25, -0.2) is 0 Å². The van der Waals surface area contributed by atoms with Gasteiger partial charge in [0.15, 0.2) is 0 Å². The molecule has 0 N–H and O–H groups in total. The van der Waals surface area contributed by atoms with E-state index >= 15 is 0 Å². The number of hydrogen-bond acceptors (Lipinski definition) is 1. The third kappa shape index (κ3) is 3.92. The van der Waals surface area contributed by atoms with E-state index in [1.165, 1.54) is 11.1 Å². The molecule has 0 radical (unpaired) electrons. The molecule has 0 fully saturated rings. The van der Waals surface area contributed by atoms with Crippen LogP contribution in [0, 0.1) is 6.92 Å². The van der Waals surface area contributed by atoms with Crippen molar-refractivity contribution in [3.8, 4) is 0 Å². The van der Waals surface area contributed by atoms with E-state index in [4.69, 9.17) is 0 Å². The zero-order chi connectivity index (χ0) is 9.68. The Morgan fingerprint density at radius 2 is 1.85 bits per heavy atom. The molecule has 0 aliphatic rings. The van der Waals surface area contributed by atoms with Crippen LogP contribution in [0.4, 0.5) is 0 Å². The normalized spacial score (nSPS) is 10.8. The minimum Gasteiger partial charge on any atom is -0.296 e. The molecule has 1 rings (SSSR count). The van der Waals surface area contributed by atoms with Crippen LogP contribution in [0.1, 0.15) is 11.1 Å². The average molecular weight is 242 g/mol. The largest absolute Gasteiger partial charge is 0.296 e. The van der Waals surface area contributed by atoms with Gasteiger partial charge in [-0.1, -0.05) is 45.8 Å². The Morgan fingerprint density at radius 1 is 1.23 bits per heavy atom. The fraction of sp³-hybridized carbons (Fsp3) is 0.455. The standard InChI is InChI=1S/C11H16BrN/c1-10-3-5-11(6-4-10)7-8-13(2)9-12/h3-6H,7-9H2,1-2H3. The maximum Gasteiger partial charge on any atom is 0.0539 e. The molecule has 1 aromatic rings. The lowest BCUT2D eigenvalue weighted by Crippen LogP contribution is -2.18. The van der Waals surface area contributed by atoms with E-state index in [0.717, 1.165) is 18.4 Å². The van der Waals surface area contributed by atoms with E-state index in [9.17, 15) is 0 Å². The lowest BCUT2D eigenvalue weighted by molar-refractivity contribution is 0.401. The minimum absolute atomic E-state index is 0.943. The molecule has 0 unspecified atom stereocenters. The first-order valence-electron chi connectivity index (χ1n) is 4.52. The molecule has 13 heavy (non-hydrogen) atoms. The molecule has 0 heterocycles. The highest BCUT2D eigenvalue weighted by atomic mass is 79.9. The Bertz CT molecular complexity index is 243. The van der Waals surface area contributed by atoms with E-state index in [1.54, 1.807) is 0 Å². The summed E-state index contributed by atoms with van der Waals surface area (Å²) >= 11 is 3.43. The van der Waals surface area contributed by atoms with E-state index in [2.05, 4.69) is 59.1 Å². The van der Waals surface area contributed by atoms with Gasteiger partial charge in [0.05, 0.1) is 5.45 Å². The van der Waals surface area contributed by atoms with Crippen LogP contribution >= 0.6 is 15.9 Å². The van der Waals surface area contributed by atoms with Crippen LogP contribution in [0.25, 0.3) is 0 Å². The van der Waals surface area contributed by atoms with E-state index in [1.807, 2.05) is 0 Å². The molecule has 0 aromatic heterocycles.